The number of nitrogens with one attached hydrogen (secondary N) is 2. The molecule has 3 rings (SSSR count). The average Bonchev–Trinajstić information content (AvgIpc) is 3.16. The van der Waals surface area contributed by atoms with Crippen molar-refractivity contribution in [1.29, 1.82) is 0 Å². The van der Waals surface area contributed by atoms with E-state index in [1.165, 1.54) is 5.56 Å². The van der Waals surface area contributed by atoms with Gasteiger partial charge in [-0.2, -0.15) is 5.10 Å². The smallest absolute Gasteiger partial charge is 0.192 e. The van der Waals surface area contributed by atoms with Gasteiger partial charge in [-0.1, -0.05) is 30.3 Å². The molecule has 2 aromatic heterocycles. The summed E-state index contributed by atoms with van der Waals surface area (Å²) in [5.74, 6) is 2.47. The van der Waals surface area contributed by atoms with Gasteiger partial charge in [0.25, 0.3) is 0 Å². The predicted molar refractivity (Wildman–Crippen MR) is 114 cm³/mol. The number of guanidine groups is 1. The SMILES string of the molecule is Cc1nn(C)c(C)c1CN=C(NCc1nnc(C)n1C)NC(C)c1ccccc1. The molecule has 0 radical (unpaired) electrons. The van der Waals surface area contributed by atoms with E-state index in [0.717, 1.165) is 34.6 Å². The summed E-state index contributed by atoms with van der Waals surface area (Å²) in [4.78, 5) is 4.83. The molecule has 8 heteroatoms. The molecule has 0 saturated heterocycles. The first-order chi connectivity index (χ1) is 13.9. The third kappa shape index (κ3) is 4.82. The molecule has 1 unspecified atom stereocenters. The third-order valence-corrected chi connectivity index (χ3v) is 5.30. The van der Waals surface area contributed by atoms with Crippen LogP contribution < -0.4 is 10.6 Å². The Hall–Kier alpha value is -3.16. The van der Waals surface area contributed by atoms with Gasteiger partial charge in [0.05, 0.1) is 24.8 Å². The van der Waals surface area contributed by atoms with Gasteiger partial charge in [0.2, 0.25) is 0 Å². The largest absolute Gasteiger partial charge is 0.350 e. The summed E-state index contributed by atoms with van der Waals surface area (Å²) >= 11 is 0. The fourth-order valence-corrected chi connectivity index (χ4v) is 3.15. The molecule has 154 valence electrons. The molecule has 0 aliphatic carbocycles. The van der Waals surface area contributed by atoms with Crippen LogP contribution in [0.15, 0.2) is 35.3 Å². The minimum Gasteiger partial charge on any atom is -0.350 e. The zero-order valence-corrected chi connectivity index (χ0v) is 18.1. The number of hydrogen-bond donors (Lipinski definition) is 2. The number of aromatic nitrogens is 5. The standard InChI is InChI=1S/C21H30N8/c1-14(18-10-8-7-9-11-18)24-21(23-13-20-26-25-17(4)28(20)5)22-12-19-15(2)27-29(6)16(19)3/h7-11,14H,12-13H2,1-6H3,(H2,22,23,24). The van der Waals surface area contributed by atoms with Crippen molar-refractivity contribution in [2.75, 3.05) is 0 Å². The molecule has 3 aromatic rings. The Morgan fingerprint density at radius 3 is 2.41 bits per heavy atom. The van der Waals surface area contributed by atoms with Crippen molar-refractivity contribution in [1.82, 2.24) is 35.2 Å². The molecular weight excluding hydrogens is 364 g/mol. The normalized spacial score (nSPS) is 12.8. The molecule has 0 aliphatic rings. The number of benzene rings is 1. The molecule has 0 bridgehead atoms. The van der Waals surface area contributed by atoms with Gasteiger partial charge in [-0.15, -0.1) is 10.2 Å². The van der Waals surface area contributed by atoms with Crippen LogP contribution in [0.25, 0.3) is 0 Å². The molecule has 1 aromatic carbocycles. The van der Waals surface area contributed by atoms with Gasteiger partial charge in [0.1, 0.15) is 5.82 Å². The lowest BCUT2D eigenvalue weighted by Gasteiger charge is -2.18. The minimum absolute atomic E-state index is 0.111. The van der Waals surface area contributed by atoms with Crippen LogP contribution in [-0.4, -0.2) is 30.5 Å². The summed E-state index contributed by atoms with van der Waals surface area (Å²) in [7, 11) is 3.92. The molecule has 8 nitrogen and oxygen atoms in total. The van der Waals surface area contributed by atoms with Gasteiger partial charge in [0.15, 0.2) is 11.8 Å². The van der Waals surface area contributed by atoms with Crippen molar-refractivity contribution in [3.8, 4) is 0 Å². The second-order valence-corrected chi connectivity index (χ2v) is 7.29. The van der Waals surface area contributed by atoms with E-state index in [9.17, 15) is 0 Å². The van der Waals surface area contributed by atoms with E-state index in [0.29, 0.717) is 13.1 Å². The third-order valence-electron chi connectivity index (χ3n) is 5.30. The molecule has 0 fully saturated rings. The van der Waals surface area contributed by atoms with Crippen LogP contribution in [0, 0.1) is 20.8 Å². The van der Waals surface area contributed by atoms with Gasteiger partial charge in [-0.3, -0.25) is 4.68 Å². The van der Waals surface area contributed by atoms with Crippen molar-refractivity contribution in [2.45, 2.75) is 46.8 Å². The maximum Gasteiger partial charge on any atom is 0.192 e. The average molecular weight is 395 g/mol. The van der Waals surface area contributed by atoms with Crippen LogP contribution in [0.2, 0.25) is 0 Å². The maximum absolute atomic E-state index is 4.83. The Kier molecular flexibility index (Phi) is 6.31. The fourth-order valence-electron chi connectivity index (χ4n) is 3.15. The number of hydrogen-bond acceptors (Lipinski definition) is 4. The summed E-state index contributed by atoms with van der Waals surface area (Å²) in [6.07, 6.45) is 0. The molecule has 29 heavy (non-hydrogen) atoms. The molecule has 0 spiro atoms. The highest BCUT2D eigenvalue weighted by atomic mass is 15.3. The van der Waals surface area contributed by atoms with Crippen LogP contribution in [0.1, 0.15) is 47.1 Å². The lowest BCUT2D eigenvalue weighted by molar-refractivity contribution is 0.663. The summed E-state index contributed by atoms with van der Waals surface area (Å²) in [6.45, 7) is 9.25. The predicted octanol–water partition coefficient (Wildman–Crippen LogP) is 2.47. The van der Waals surface area contributed by atoms with Crippen molar-refractivity contribution >= 4 is 5.96 Å². The zero-order chi connectivity index (χ0) is 21.0. The molecule has 2 heterocycles. The van der Waals surface area contributed by atoms with Crippen molar-refractivity contribution < 1.29 is 0 Å². The van der Waals surface area contributed by atoms with Gasteiger partial charge < -0.3 is 15.2 Å². The zero-order valence-electron chi connectivity index (χ0n) is 18.1. The van der Waals surface area contributed by atoms with Crippen LogP contribution >= 0.6 is 0 Å². The summed E-state index contributed by atoms with van der Waals surface area (Å²) in [6, 6.07) is 10.4. The maximum atomic E-state index is 4.83. The minimum atomic E-state index is 0.111. The Labute approximate surface area is 172 Å². The molecule has 1 atom stereocenters. The van der Waals surface area contributed by atoms with E-state index in [-0.39, 0.29) is 6.04 Å². The second-order valence-electron chi connectivity index (χ2n) is 7.29. The Bertz CT molecular complexity index is 984. The summed E-state index contributed by atoms with van der Waals surface area (Å²) in [5.41, 5.74) is 4.49. The molecule has 0 amide bonds. The lowest BCUT2D eigenvalue weighted by atomic mass is 10.1. The summed E-state index contributed by atoms with van der Waals surface area (Å²) in [5, 5.41) is 19.7. The van der Waals surface area contributed by atoms with Crippen molar-refractivity contribution in [2.24, 2.45) is 19.1 Å². The first-order valence-electron chi connectivity index (χ1n) is 9.80. The highest BCUT2D eigenvalue weighted by Crippen LogP contribution is 2.14. The quantitative estimate of drug-likeness (QED) is 0.496. The molecule has 2 N–H and O–H groups in total. The highest BCUT2D eigenvalue weighted by molar-refractivity contribution is 5.80. The van der Waals surface area contributed by atoms with Crippen LogP contribution in [0.5, 0.6) is 0 Å². The van der Waals surface area contributed by atoms with Gasteiger partial charge in [-0.05, 0) is 33.3 Å². The molecular formula is C21H30N8. The van der Waals surface area contributed by atoms with Crippen LogP contribution in [-0.2, 0) is 27.2 Å². The fraction of sp³-hybridized carbons (Fsp3) is 0.429. The van der Waals surface area contributed by atoms with Crippen LogP contribution in [0.4, 0.5) is 0 Å². The van der Waals surface area contributed by atoms with Crippen LogP contribution in [0.3, 0.4) is 0 Å². The van der Waals surface area contributed by atoms with E-state index >= 15 is 0 Å². The number of nitrogens with zero attached hydrogens (tertiary/aromatic N) is 6. The highest BCUT2D eigenvalue weighted by Gasteiger charge is 2.12. The number of aryl methyl sites for hydroxylation is 3. The lowest BCUT2D eigenvalue weighted by Crippen LogP contribution is -2.39. The monoisotopic (exact) mass is 394 g/mol. The van der Waals surface area contributed by atoms with Gasteiger partial charge in [0, 0.05) is 25.4 Å². The van der Waals surface area contributed by atoms with E-state index in [1.54, 1.807) is 0 Å². The Morgan fingerprint density at radius 1 is 1.10 bits per heavy atom. The molecule has 0 saturated carbocycles. The van der Waals surface area contributed by atoms with Gasteiger partial charge in [-0.25, -0.2) is 4.99 Å². The number of aliphatic imine (C=N–C) groups is 1. The van der Waals surface area contributed by atoms with Crippen molar-refractivity contribution in [3.63, 3.8) is 0 Å². The number of rotatable bonds is 6. The second kappa shape index (κ2) is 8.89. The first-order valence-corrected chi connectivity index (χ1v) is 9.80. The van der Waals surface area contributed by atoms with Crippen molar-refractivity contribution in [3.05, 3.63) is 64.5 Å². The van der Waals surface area contributed by atoms with E-state index in [2.05, 4.69) is 51.9 Å². The van der Waals surface area contributed by atoms with E-state index in [1.807, 2.05) is 55.4 Å². The van der Waals surface area contributed by atoms with Gasteiger partial charge >= 0.3 is 0 Å². The Morgan fingerprint density at radius 2 is 1.83 bits per heavy atom. The Balaban J connectivity index is 1.78. The first kappa shape index (κ1) is 20.6. The topological polar surface area (TPSA) is 85.0 Å². The molecule has 0 aliphatic heterocycles. The van der Waals surface area contributed by atoms with E-state index in [4.69, 9.17) is 4.99 Å². The van der Waals surface area contributed by atoms with E-state index < -0.39 is 0 Å². The summed E-state index contributed by atoms with van der Waals surface area (Å²) < 4.78 is 3.87.